The highest BCUT2D eigenvalue weighted by molar-refractivity contribution is 9.10. The SMILES string of the molecule is COc1cc(Br)c(C(=O)CBr)cc1OC. The van der Waals surface area contributed by atoms with Gasteiger partial charge in [-0.15, -0.1) is 0 Å². The molecule has 0 heterocycles. The molecule has 0 radical (unpaired) electrons. The van der Waals surface area contributed by atoms with Crippen LogP contribution in [0.1, 0.15) is 10.4 Å². The number of ketones is 1. The molecule has 15 heavy (non-hydrogen) atoms. The van der Waals surface area contributed by atoms with Crippen LogP contribution >= 0.6 is 31.9 Å². The Balaban J connectivity index is 3.25. The Hall–Kier alpha value is -0.550. The molecule has 1 aromatic carbocycles. The van der Waals surface area contributed by atoms with Gasteiger partial charge in [0.05, 0.1) is 19.5 Å². The first-order valence-corrected chi connectivity index (χ1v) is 6.06. The van der Waals surface area contributed by atoms with Crippen LogP contribution in [0.4, 0.5) is 0 Å². The first kappa shape index (κ1) is 12.5. The molecule has 0 aliphatic carbocycles. The van der Waals surface area contributed by atoms with Crippen molar-refractivity contribution in [2.75, 3.05) is 19.5 Å². The number of methoxy groups -OCH3 is 2. The standard InChI is InChI=1S/C10H10Br2O3/c1-14-9-3-6(8(13)5-11)7(12)4-10(9)15-2/h3-4H,5H2,1-2H3. The Morgan fingerprint density at radius 3 is 2.27 bits per heavy atom. The maximum absolute atomic E-state index is 11.5. The molecular formula is C10H10Br2O3. The fraction of sp³-hybridized carbons (Fsp3) is 0.300. The van der Waals surface area contributed by atoms with Crippen molar-refractivity contribution in [2.24, 2.45) is 0 Å². The molecule has 0 aliphatic heterocycles. The summed E-state index contributed by atoms with van der Waals surface area (Å²) in [4.78, 5) is 11.5. The molecule has 0 bridgehead atoms. The highest BCUT2D eigenvalue weighted by Gasteiger charge is 2.14. The minimum atomic E-state index is -0.0113. The molecule has 1 aromatic rings. The van der Waals surface area contributed by atoms with Crippen molar-refractivity contribution in [3.8, 4) is 11.5 Å². The fourth-order valence-corrected chi connectivity index (χ4v) is 1.99. The van der Waals surface area contributed by atoms with Crippen molar-refractivity contribution in [3.05, 3.63) is 22.2 Å². The van der Waals surface area contributed by atoms with Gasteiger partial charge in [-0.2, -0.15) is 0 Å². The number of benzene rings is 1. The minimum absolute atomic E-state index is 0.0113. The van der Waals surface area contributed by atoms with E-state index in [2.05, 4.69) is 31.9 Å². The number of hydrogen-bond donors (Lipinski definition) is 0. The third-order valence-electron chi connectivity index (χ3n) is 1.90. The summed E-state index contributed by atoms with van der Waals surface area (Å²) in [7, 11) is 3.09. The highest BCUT2D eigenvalue weighted by atomic mass is 79.9. The molecule has 1 rings (SSSR count). The summed E-state index contributed by atoms with van der Waals surface area (Å²) in [6.07, 6.45) is 0. The van der Waals surface area contributed by atoms with Gasteiger partial charge >= 0.3 is 0 Å². The summed E-state index contributed by atoms with van der Waals surface area (Å²) in [5, 5.41) is 0.279. The smallest absolute Gasteiger partial charge is 0.174 e. The summed E-state index contributed by atoms with van der Waals surface area (Å²) >= 11 is 6.44. The number of halogens is 2. The Labute approximate surface area is 105 Å². The number of rotatable bonds is 4. The number of carbonyl (C=O) groups excluding carboxylic acids is 1. The molecule has 0 N–H and O–H groups in total. The first-order valence-electron chi connectivity index (χ1n) is 4.14. The van der Waals surface area contributed by atoms with Crippen molar-refractivity contribution in [1.82, 2.24) is 0 Å². The second kappa shape index (κ2) is 5.51. The predicted octanol–water partition coefficient (Wildman–Crippen LogP) is 3.04. The van der Waals surface area contributed by atoms with Gasteiger partial charge in [0.25, 0.3) is 0 Å². The first-order chi connectivity index (χ1) is 7.13. The van der Waals surface area contributed by atoms with Gasteiger partial charge in [0.2, 0.25) is 0 Å². The van der Waals surface area contributed by atoms with Crippen LogP contribution in [0.15, 0.2) is 16.6 Å². The van der Waals surface area contributed by atoms with E-state index in [4.69, 9.17) is 9.47 Å². The van der Waals surface area contributed by atoms with E-state index in [-0.39, 0.29) is 11.1 Å². The summed E-state index contributed by atoms with van der Waals surface area (Å²) in [6.45, 7) is 0. The summed E-state index contributed by atoms with van der Waals surface area (Å²) in [6, 6.07) is 3.38. The quantitative estimate of drug-likeness (QED) is 0.625. The van der Waals surface area contributed by atoms with Gasteiger partial charge in [0.15, 0.2) is 17.3 Å². The van der Waals surface area contributed by atoms with Crippen LogP contribution in [0.25, 0.3) is 0 Å². The van der Waals surface area contributed by atoms with Crippen LogP contribution in [-0.2, 0) is 0 Å². The topological polar surface area (TPSA) is 35.5 Å². The van der Waals surface area contributed by atoms with Crippen LogP contribution < -0.4 is 9.47 Å². The molecule has 0 saturated carbocycles. The fourth-order valence-electron chi connectivity index (χ4n) is 1.14. The van der Waals surface area contributed by atoms with E-state index in [9.17, 15) is 4.79 Å². The van der Waals surface area contributed by atoms with Crippen LogP contribution in [0.5, 0.6) is 11.5 Å². The molecule has 0 aromatic heterocycles. The molecule has 3 nitrogen and oxygen atoms in total. The van der Waals surface area contributed by atoms with E-state index in [1.807, 2.05) is 0 Å². The number of ether oxygens (including phenoxy) is 2. The van der Waals surface area contributed by atoms with Crippen LogP contribution in [0.2, 0.25) is 0 Å². The van der Waals surface area contributed by atoms with Crippen molar-refractivity contribution < 1.29 is 14.3 Å². The van der Waals surface area contributed by atoms with E-state index < -0.39 is 0 Å². The molecule has 0 atom stereocenters. The third-order valence-corrected chi connectivity index (χ3v) is 3.06. The van der Waals surface area contributed by atoms with Gasteiger partial charge in [-0.3, -0.25) is 4.79 Å². The van der Waals surface area contributed by atoms with E-state index in [0.717, 1.165) is 0 Å². The number of alkyl halides is 1. The zero-order valence-electron chi connectivity index (χ0n) is 8.34. The Morgan fingerprint density at radius 1 is 1.27 bits per heavy atom. The number of hydrogen-bond acceptors (Lipinski definition) is 3. The molecule has 0 fully saturated rings. The number of carbonyl (C=O) groups is 1. The highest BCUT2D eigenvalue weighted by Crippen LogP contribution is 2.33. The van der Waals surface area contributed by atoms with Crippen molar-refractivity contribution in [1.29, 1.82) is 0 Å². The maximum atomic E-state index is 11.5. The van der Waals surface area contributed by atoms with Gasteiger partial charge in [-0.25, -0.2) is 0 Å². The van der Waals surface area contributed by atoms with Gasteiger partial charge in [0.1, 0.15) is 0 Å². The van der Waals surface area contributed by atoms with Crippen molar-refractivity contribution in [2.45, 2.75) is 0 Å². The minimum Gasteiger partial charge on any atom is -0.493 e. The van der Waals surface area contributed by atoms with Crippen LogP contribution in [-0.4, -0.2) is 25.3 Å². The number of Topliss-reactive ketones (excluding diaryl/α,β-unsaturated/α-hetero) is 1. The zero-order valence-corrected chi connectivity index (χ0v) is 11.5. The molecule has 0 unspecified atom stereocenters. The molecule has 0 saturated heterocycles. The summed E-state index contributed by atoms with van der Waals surface area (Å²) < 4.78 is 10.9. The van der Waals surface area contributed by atoms with Gasteiger partial charge in [-0.05, 0) is 28.1 Å². The van der Waals surface area contributed by atoms with Gasteiger partial charge < -0.3 is 9.47 Å². The van der Waals surface area contributed by atoms with Crippen molar-refractivity contribution >= 4 is 37.6 Å². The Bertz CT molecular complexity index is 377. The Kier molecular flexibility index (Phi) is 4.60. The zero-order chi connectivity index (χ0) is 11.4. The van der Waals surface area contributed by atoms with Gasteiger partial charge in [-0.1, -0.05) is 15.9 Å². The van der Waals surface area contributed by atoms with E-state index in [1.54, 1.807) is 19.2 Å². The molecule has 0 spiro atoms. The lowest BCUT2D eigenvalue weighted by molar-refractivity contribution is 0.102. The van der Waals surface area contributed by atoms with Crippen LogP contribution in [0, 0.1) is 0 Å². The molecule has 82 valence electrons. The molecule has 0 aliphatic rings. The Morgan fingerprint density at radius 2 is 1.80 bits per heavy atom. The largest absolute Gasteiger partial charge is 0.493 e. The average Bonchev–Trinajstić information content (AvgIpc) is 2.27. The lowest BCUT2D eigenvalue weighted by Crippen LogP contribution is -2.02. The van der Waals surface area contributed by atoms with E-state index in [1.165, 1.54) is 7.11 Å². The summed E-state index contributed by atoms with van der Waals surface area (Å²) in [5.74, 6) is 1.13. The molecule has 5 heteroatoms. The monoisotopic (exact) mass is 336 g/mol. The second-order valence-corrected chi connectivity index (χ2v) is 4.16. The van der Waals surface area contributed by atoms with Crippen LogP contribution in [0.3, 0.4) is 0 Å². The third kappa shape index (κ3) is 2.72. The molecule has 0 amide bonds. The molecular weight excluding hydrogens is 328 g/mol. The lowest BCUT2D eigenvalue weighted by Gasteiger charge is -2.10. The maximum Gasteiger partial charge on any atom is 0.174 e. The second-order valence-electron chi connectivity index (χ2n) is 2.74. The van der Waals surface area contributed by atoms with Crippen molar-refractivity contribution in [3.63, 3.8) is 0 Å². The van der Waals surface area contributed by atoms with E-state index >= 15 is 0 Å². The lowest BCUT2D eigenvalue weighted by atomic mass is 10.1. The van der Waals surface area contributed by atoms with Gasteiger partial charge in [0, 0.05) is 10.0 Å². The van der Waals surface area contributed by atoms with E-state index in [0.29, 0.717) is 21.5 Å². The average molecular weight is 338 g/mol. The predicted molar refractivity (Wildman–Crippen MR) is 65.4 cm³/mol. The summed E-state index contributed by atoms with van der Waals surface area (Å²) in [5.41, 5.74) is 0.574. The normalized spacial score (nSPS) is 9.87.